The van der Waals surface area contributed by atoms with Crippen LogP contribution in [0.15, 0.2) is 24.3 Å². The normalized spacial score (nSPS) is 27.7. The molecule has 1 saturated carbocycles. The molecule has 18 heavy (non-hydrogen) atoms. The van der Waals surface area contributed by atoms with Crippen molar-refractivity contribution >= 4 is 17.6 Å². The molecule has 2 aliphatic rings. The lowest BCUT2D eigenvalue weighted by Gasteiger charge is -2.22. The van der Waals surface area contributed by atoms with E-state index in [1.807, 2.05) is 31.2 Å². The van der Waals surface area contributed by atoms with Crippen molar-refractivity contribution in [2.24, 2.45) is 5.41 Å². The first-order chi connectivity index (χ1) is 8.64. The van der Waals surface area contributed by atoms with Crippen molar-refractivity contribution in [2.45, 2.75) is 25.4 Å². The highest BCUT2D eigenvalue weighted by Crippen LogP contribution is 2.66. The minimum Gasteiger partial charge on any atom is -0.465 e. The molecule has 0 spiro atoms. The summed E-state index contributed by atoms with van der Waals surface area (Å²) in [6.07, 6.45) is 1.68. The van der Waals surface area contributed by atoms with Gasteiger partial charge in [0.15, 0.2) is 0 Å². The van der Waals surface area contributed by atoms with Crippen LogP contribution < -0.4 is 0 Å². The molecule has 3 rings (SSSR count). The average Bonchev–Trinajstić information content (AvgIpc) is 3.23. The van der Waals surface area contributed by atoms with E-state index in [4.69, 9.17) is 21.1 Å². The zero-order valence-electron chi connectivity index (χ0n) is 10.2. The quantitative estimate of drug-likeness (QED) is 0.621. The summed E-state index contributed by atoms with van der Waals surface area (Å²) in [5.41, 5.74) is 0.0955. The fraction of sp³-hybridized carbons (Fsp3) is 0.500. The first-order valence-corrected chi connectivity index (χ1v) is 6.60. The second-order valence-corrected chi connectivity index (χ2v) is 5.36. The van der Waals surface area contributed by atoms with Crippen LogP contribution in [0.3, 0.4) is 0 Å². The molecule has 1 aliphatic heterocycles. The van der Waals surface area contributed by atoms with Crippen molar-refractivity contribution in [3.63, 3.8) is 0 Å². The Morgan fingerprint density at radius 1 is 1.39 bits per heavy atom. The summed E-state index contributed by atoms with van der Waals surface area (Å²) in [4.78, 5) is 12.1. The lowest BCUT2D eigenvalue weighted by molar-refractivity contribution is -0.153. The third-order valence-corrected chi connectivity index (χ3v) is 4.18. The Bertz CT molecular complexity index is 472. The summed E-state index contributed by atoms with van der Waals surface area (Å²) in [6.45, 7) is 2.83. The molecule has 0 amide bonds. The van der Waals surface area contributed by atoms with Gasteiger partial charge in [-0.25, -0.2) is 0 Å². The van der Waals surface area contributed by atoms with Gasteiger partial charge in [0.1, 0.15) is 11.0 Å². The monoisotopic (exact) mass is 266 g/mol. The Hall–Kier alpha value is -1.06. The Morgan fingerprint density at radius 2 is 2.00 bits per heavy atom. The Morgan fingerprint density at radius 3 is 2.44 bits per heavy atom. The fourth-order valence-electron chi connectivity index (χ4n) is 2.68. The molecule has 3 nitrogen and oxygen atoms in total. The molecule has 96 valence electrons. The summed E-state index contributed by atoms with van der Waals surface area (Å²) in [5, 5.41) is 0.690. The van der Waals surface area contributed by atoms with Crippen molar-refractivity contribution in [3.8, 4) is 0 Å². The van der Waals surface area contributed by atoms with Crippen LogP contribution in [-0.4, -0.2) is 19.2 Å². The third kappa shape index (κ3) is 1.57. The minimum absolute atomic E-state index is 0.127. The second-order valence-electron chi connectivity index (χ2n) is 4.93. The lowest BCUT2D eigenvalue weighted by Crippen LogP contribution is -2.33. The number of ether oxygens (including phenoxy) is 2. The molecule has 1 aromatic carbocycles. The van der Waals surface area contributed by atoms with Crippen LogP contribution in [-0.2, 0) is 19.9 Å². The Kier molecular flexibility index (Phi) is 2.65. The first-order valence-electron chi connectivity index (χ1n) is 6.22. The van der Waals surface area contributed by atoms with Crippen molar-refractivity contribution in [2.75, 3.05) is 13.2 Å². The number of carbonyl (C=O) groups is 1. The van der Waals surface area contributed by atoms with Crippen molar-refractivity contribution in [1.82, 2.24) is 0 Å². The topological polar surface area (TPSA) is 38.8 Å². The van der Waals surface area contributed by atoms with E-state index in [1.54, 1.807) is 0 Å². The number of rotatable bonds is 4. The van der Waals surface area contributed by atoms with E-state index in [2.05, 4.69) is 0 Å². The first kappa shape index (κ1) is 12.0. The fourth-order valence-corrected chi connectivity index (χ4v) is 2.80. The maximum Gasteiger partial charge on any atom is 0.315 e. The molecule has 1 saturated heterocycles. The largest absolute Gasteiger partial charge is 0.465 e. The van der Waals surface area contributed by atoms with Crippen LogP contribution in [0.5, 0.6) is 0 Å². The molecule has 1 aliphatic carbocycles. The van der Waals surface area contributed by atoms with E-state index in [1.165, 1.54) is 0 Å². The van der Waals surface area contributed by atoms with E-state index in [0.29, 0.717) is 18.2 Å². The number of carbonyl (C=O) groups excluding carboxylic acids is 1. The van der Waals surface area contributed by atoms with Crippen LogP contribution in [0, 0.1) is 5.41 Å². The SMILES string of the molecule is CCOC(=O)C1(C2(c3ccc(Cl)cc3)CO2)CC1. The zero-order chi connectivity index (χ0) is 12.8. The van der Waals surface area contributed by atoms with Crippen molar-refractivity contribution < 1.29 is 14.3 Å². The molecule has 0 radical (unpaired) electrons. The van der Waals surface area contributed by atoms with E-state index in [0.717, 1.165) is 18.4 Å². The van der Waals surface area contributed by atoms with Crippen LogP contribution in [0.2, 0.25) is 5.02 Å². The standard InChI is InChI=1S/C14H15ClO3/c1-2-17-12(16)13(7-8-13)14(9-18-14)10-3-5-11(15)6-4-10/h3-6H,2,7-9H2,1H3. The predicted molar refractivity (Wildman–Crippen MR) is 67.4 cm³/mol. The smallest absolute Gasteiger partial charge is 0.315 e. The molecule has 0 N–H and O–H groups in total. The van der Waals surface area contributed by atoms with Crippen LogP contribution in [0.25, 0.3) is 0 Å². The van der Waals surface area contributed by atoms with Crippen LogP contribution >= 0.6 is 11.6 Å². The summed E-state index contributed by atoms with van der Waals surface area (Å²) in [7, 11) is 0. The summed E-state index contributed by atoms with van der Waals surface area (Å²) in [5.74, 6) is -0.127. The number of halogens is 1. The Labute approximate surface area is 111 Å². The maximum atomic E-state index is 12.1. The molecule has 2 fully saturated rings. The number of hydrogen-bond donors (Lipinski definition) is 0. The molecule has 4 heteroatoms. The average molecular weight is 267 g/mol. The minimum atomic E-state index is -0.468. The van der Waals surface area contributed by atoms with E-state index in [-0.39, 0.29) is 5.97 Å². The van der Waals surface area contributed by atoms with Gasteiger partial charge in [-0.1, -0.05) is 23.7 Å². The van der Waals surface area contributed by atoms with Crippen molar-refractivity contribution in [1.29, 1.82) is 0 Å². The predicted octanol–water partition coefficient (Wildman–Crippen LogP) is 2.91. The number of hydrogen-bond acceptors (Lipinski definition) is 3. The van der Waals surface area contributed by atoms with Crippen LogP contribution in [0.1, 0.15) is 25.3 Å². The van der Waals surface area contributed by atoms with Gasteiger partial charge >= 0.3 is 5.97 Å². The van der Waals surface area contributed by atoms with Gasteiger partial charge in [-0.2, -0.15) is 0 Å². The molecular weight excluding hydrogens is 252 g/mol. The summed E-state index contributed by atoms with van der Waals surface area (Å²) < 4.78 is 10.9. The third-order valence-electron chi connectivity index (χ3n) is 3.93. The van der Waals surface area contributed by atoms with Gasteiger partial charge in [0.25, 0.3) is 0 Å². The van der Waals surface area contributed by atoms with Gasteiger partial charge in [-0.05, 0) is 37.5 Å². The molecule has 1 heterocycles. The maximum absolute atomic E-state index is 12.1. The molecular formula is C14H15ClO3. The number of esters is 1. The van der Waals surface area contributed by atoms with E-state index >= 15 is 0 Å². The van der Waals surface area contributed by atoms with Crippen molar-refractivity contribution in [3.05, 3.63) is 34.9 Å². The Balaban J connectivity index is 1.91. The second kappa shape index (κ2) is 3.97. The van der Waals surface area contributed by atoms with Gasteiger partial charge in [-0.15, -0.1) is 0 Å². The molecule has 1 atom stereocenters. The zero-order valence-corrected chi connectivity index (χ0v) is 11.0. The summed E-state index contributed by atoms with van der Waals surface area (Å²) >= 11 is 5.89. The van der Waals surface area contributed by atoms with E-state index < -0.39 is 11.0 Å². The van der Waals surface area contributed by atoms with Gasteiger partial charge in [0.2, 0.25) is 0 Å². The van der Waals surface area contributed by atoms with Gasteiger partial charge in [0.05, 0.1) is 13.2 Å². The molecule has 1 aromatic rings. The van der Waals surface area contributed by atoms with Crippen LogP contribution in [0.4, 0.5) is 0 Å². The number of benzene rings is 1. The highest BCUT2D eigenvalue weighted by atomic mass is 35.5. The van der Waals surface area contributed by atoms with Gasteiger partial charge in [-0.3, -0.25) is 4.79 Å². The lowest BCUT2D eigenvalue weighted by atomic mass is 9.83. The molecule has 0 bridgehead atoms. The highest BCUT2D eigenvalue weighted by molar-refractivity contribution is 6.30. The van der Waals surface area contributed by atoms with Gasteiger partial charge < -0.3 is 9.47 Å². The van der Waals surface area contributed by atoms with Gasteiger partial charge in [0, 0.05) is 5.02 Å². The molecule has 1 unspecified atom stereocenters. The van der Waals surface area contributed by atoms with E-state index in [9.17, 15) is 4.79 Å². The highest BCUT2D eigenvalue weighted by Gasteiger charge is 2.73. The molecule has 0 aromatic heterocycles. The summed E-state index contributed by atoms with van der Waals surface area (Å²) in [6, 6.07) is 7.55. The number of epoxide rings is 1.